The number of aryl methyl sites for hydroxylation is 2. The molecule has 0 bridgehead atoms. The molecule has 0 radical (unpaired) electrons. The van der Waals surface area contributed by atoms with E-state index in [4.69, 9.17) is 4.42 Å². The van der Waals surface area contributed by atoms with Crippen LogP contribution in [0.3, 0.4) is 0 Å². The van der Waals surface area contributed by atoms with Gasteiger partial charge in [-0.2, -0.15) is 0 Å². The number of phenols is 1. The molecule has 5 nitrogen and oxygen atoms in total. The van der Waals surface area contributed by atoms with E-state index in [9.17, 15) is 9.90 Å². The molecular formula is C20H24N2O3. The van der Waals surface area contributed by atoms with Crippen LogP contribution in [0.15, 0.2) is 34.9 Å². The number of carbonyl (C=O) groups excluding carboxylic acids is 1. The standard InChI is InChI=1S/C20H24N2O3/c1-12-6-14(7-13(2)19(12)23)9-22-10-16-17(11-22)18(16)20(24)21-8-15-4-3-5-25-15/h3-7,16-18,23H,8-11H2,1-2H3,(H,21,24)/t16-,17+,18?. The van der Waals surface area contributed by atoms with Crippen LogP contribution in [-0.4, -0.2) is 29.0 Å². The predicted octanol–water partition coefficient (Wildman–Crippen LogP) is 2.60. The number of likely N-dealkylation sites (tertiary alicyclic amines) is 1. The highest BCUT2D eigenvalue weighted by Crippen LogP contribution is 2.52. The number of benzene rings is 1. The van der Waals surface area contributed by atoms with Crippen LogP contribution in [0.2, 0.25) is 0 Å². The van der Waals surface area contributed by atoms with E-state index in [1.807, 2.05) is 26.0 Å². The normalized spacial score (nSPS) is 25.0. The lowest BCUT2D eigenvalue weighted by atomic mass is 10.1. The third-order valence-corrected chi connectivity index (χ3v) is 5.55. The highest BCUT2D eigenvalue weighted by molar-refractivity contribution is 5.82. The SMILES string of the molecule is Cc1cc(CN2C[C@@H]3C(C(=O)NCc4ccco4)[C@@H]3C2)cc(C)c1O. The van der Waals surface area contributed by atoms with Crippen LogP contribution in [-0.2, 0) is 17.9 Å². The van der Waals surface area contributed by atoms with Gasteiger partial charge in [-0.25, -0.2) is 0 Å². The molecule has 2 aromatic rings. The molecule has 2 heterocycles. The zero-order valence-corrected chi connectivity index (χ0v) is 14.7. The van der Waals surface area contributed by atoms with Crippen molar-refractivity contribution in [3.8, 4) is 5.75 Å². The molecule has 1 aliphatic carbocycles. The first-order valence-corrected chi connectivity index (χ1v) is 8.84. The molecule has 1 saturated heterocycles. The van der Waals surface area contributed by atoms with E-state index in [0.717, 1.165) is 36.5 Å². The van der Waals surface area contributed by atoms with E-state index in [0.29, 0.717) is 24.1 Å². The molecule has 4 rings (SSSR count). The third-order valence-electron chi connectivity index (χ3n) is 5.55. The number of rotatable bonds is 5. The molecule has 1 saturated carbocycles. The van der Waals surface area contributed by atoms with Crippen molar-refractivity contribution in [3.63, 3.8) is 0 Å². The Labute approximate surface area is 147 Å². The maximum atomic E-state index is 12.3. The lowest BCUT2D eigenvalue weighted by molar-refractivity contribution is -0.123. The zero-order valence-electron chi connectivity index (χ0n) is 14.7. The van der Waals surface area contributed by atoms with Crippen LogP contribution in [0.1, 0.15) is 22.5 Å². The van der Waals surface area contributed by atoms with Gasteiger partial charge in [0.25, 0.3) is 0 Å². The first-order chi connectivity index (χ1) is 12.0. The van der Waals surface area contributed by atoms with Crippen LogP contribution in [0.5, 0.6) is 5.75 Å². The minimum atomic E-state index is 0.155. The summed E-state index contributed by atoms with van der Waals surface area (Å²) in [6.07, 6.45) is 1.62. The maximum absolute atomic E-state index is 12.3. The Bertz CT molecular complexity index is 749. The quantitative estimate of drug-likeness (QED) is 0.878. The molecule has 1 aromatic carbocycles. The summed E-state index contributed by atoms with van der Waals surface area (Å²) < 4.78 is 5.25. The van der Waals surface area contributed by atoms with Gasteiger partial charge in [0.1, 0.15) is 11.5 Å². The molecule has 1 unspecified atom stereocenters. The molecule has 2 fully saturated rings. The van der Waals surface area contributed by atoms with Gasteiger partial charge in [0.15, 0.2) is 0 Å². The van der Waals surface area contributed by atoms with E-state index < -0.39 is 0 Å². The highest BCUT2D eigenvalue weighted by Gasteiger charge is 2.59. The average Bonchev–Trinajstić information content (AvgIpc) is 2.96. The monoisotopic (exact) mass is 340 g/mol. The summed E-state index contributed by atoms with van der Waals surface area (Å²) in [4.78, 5) is 14.7. The van der Waals surface area contributed by atoms with E-state index in [-0.39, 0.29) is 11.8 Å². The van der Waals surface area contributed by atoms with Crippen LogP contribution in [0.25, 0.3) is 0 Å². The summed E-state index contributed by atoms with van der Waals surface area (Å²) >= 11 is 0. The van der Waals surface area contributed by atoms with Gasteiger partial charge in [-0.3, -0.25) is 9.69 Å². The predicted molar refractivity (Wildman–Crippen MR) is 93.9 cm³/mol. The van der Waals surface area contributed by atoms with Crippen molar-refractivity contribution in [2.75, 3.05) is 13.1 Å². The third kappa shape index (κ3) is 3.16. The van der Waals surface area contributed by atoms with E-state index >= 15 is 0 Å². The van der Waals surface area contributed by atoms with Gasteiger partial charge in [0.05, 0.1) is 12.8 Å². The van der Waals surface area contributed by atoms with Gasteiger partial charge in [0, 0.05) is 25.6 Å². The van der Waals surface area contributed by atoms with Gasteiger partial charge >= 0.3 is 0 Å². The Morgan fingerprint density at radius 3 is 2.56 bits per heavy atom. The fourth-order valence-electron chi connectivity index (χ4n) is 4.23. The minimum Gasteiger partial charge on any atom is -0.507 e. The van der Waals surface area contributed by atoms with Crippen molar-refractivity contribution >= 4 is 5.91 Å². The summed E-state index contributed by atoms with van der Waals surface area (Å²) in [7, 11) is 0. The minimum absolute atomic E-state index is 0.155. The summed E-state index contributed by atoms with van der Waals surface area (Å²) in [6.45, 7) is 7.18. The van der Waals surface area contributed by atoms with Crippen molar-refractivity contribution in [1.29, 1.82) is 0 Å². The fraction of sp³-hybridized carbons (Fsp3) is 0.450. The van der Waals surface area contributed by atoms with Crippen molar-refractivity contribution in [2.24, 2.45) is 17.8 Å². The molecule has 2 N–H and O–H groups in total. The number of furan rings is 1. The number of fused-ring (bicyclic) bond motifs is 1. The Hall–Kier alpha value is -2.27. The molecule has 25 heavy (non-hydrogen) atoms. The Morgan fingerprint density at radius 2 is 1.96 bits per heavy atom. The second kappa shape index (κ2) is 6.23. The van der Waals surface area contributed by atoms with Crippen molar-refractivity contribution < 1.29 is 14.3 Å². The maximum Gasteiger partial charge on any atom is 0.224 e. The number of hydrogen-bond acceptors (Lipinski definition) is 4. The smallest absolute Gasteiger partial charge is 0.224 e. The van der Waals surface area contributed by atoms with Gasteiger partial charge < -0.3 is 14.8 Å². The molecule has 0 spiro atoms. The summed E-state index contributed by atoms with van der Waals surface area (Å²) in [5.74, 6) is 2.46. The van der Waals surface area contributed by atoms with Crippen molar-refractivity contribution in [2.45, 2.75) is 26.9 Å². The number of hydrogen-bond donors (Lipinski definition) is 2. The van der Waals surface area contributed by atoms with Crippen LogP contribution in [0.4, 0.5) is 0 Å². The molecule has 5 heteroatoms. The molecular weight excluding hydrogens is 316 g/mol. The Kier molecular flexibility index (Phi) is 4.04. The topological polar surface area (TPSA) is 65.7 Å². The summed E-state index contributed by atoms with van der Waals surface area (Å²) in [6, 6.07) is 7.81. The molecule has 132 valence electrons. The molecule has 2 aliphatic rings. The number of phenolic OH excluding ortho intramolecular Hbond substituents is 1. The van der Waals surface area contributed by atoms with Crippen molar-refractivity contribution in [3.05, 3.63) is 53.0 Å². The molecule has 1 aromatic heterocycles. The van der Waals surface area contributed by atoms with E-state index in [2.05, 4.69) is 22.3 Å². The average molecular weight is 340 g/mol. The number of piperidine rings is 1. The van der Waals surface area contributed by atoms with Gasteiger partial charge in [-0.05, 0) is 54.5 Å². The van der Waals surface area contributed by atoms with Crippen LogP contribution in [0, 0.1) is 31.6 Å². The highest BCUT2D eigenvalue weighted by atomic mass is 16.3. The first kappa shape index (κ1) is 16.2. The van der Waals surface area contributed by atoms with E-state index in [1.165, 1.54) is 5.56 Å². The number of nitrogens with zero attached hydrogens (tertiary/aromatic N) is 1. The first-order valence-electron chi connectivity index (χ1n) is 8.84. The fourth-order valence-corrected chi connectivity index (χ4v) is 4.23. The number of carbonyl (C=O) groups is 1. The van der Waals surface area contributed by atoms with E-state index in [1.54, 1.807) is 6.26 Å². The van der Waals surface area contributed by atoms with Gasteiger partial charge in [0.2, 0.25) is 5.91 Å². The zero-order chi connectivity index (χ0) is 17.6. The molecule has 1 amide bonds. The van der Waals surface area contributed by atoms with Crippen molar-refractivity contribution in [1.82, 2.24) is 10.2 Å². The van der Waals surface area contributed by atoms with Gasteiger partial charge in [-0.1, -0.05) is 12.1 Å². The summed E-state index contributed by atoms with van der Waals surface area (Å²) in [5.41, 5.74) is 3.08. The van der Waals surface area contributed by atoms with Gasteiger partial charge in [-0.15, -0.1) is 0 Å². The second-order valence-corrected chi connectivity index (χ2v) is 7.42. The Balaban J connectivity index is 1.28. The Morgan fingerprint density at radius 1 is 1.28 bits per heavy atom. The second-order valence-electron chi connectivity index (χ2n) is 7.42. The molecule has 3 atom stereocenters. The molecule has 1 aliphatic heterocycles. The lowest BCUT2D eigenvalue weighted by Crippen LogP contribution is -2.31. The number of nitrogens with one attached hydrogen (secondary N) is 1. The largest absolute Gasteiger partial charge is 0.507 e. The lowest BCUT2D eigenvalue weighted by Gasteiger charge is -2.20. The summed E-state index contributed by atoms with van der Waals surface area (Å²) in [5, 5.41) is 12.9. The van der Waals surface area contributed by atoms with Crippen LogP contribution >= 0.6 is 0 Å². The number of amides is 1. The number of aromatic hydroxyl groups is 1. The van der Waals surface area contributed by atoms with Crippen LogP contribution < -0.4 is 5.32 Å².